The van der Waals surface area contributed by atoms with E-state index in [-0.39, 0.29) is 23.8 Å². The first-order valence-electron chi connectivity index (χ1n) is 9.81. The number of hydrogen-bond acceptors (Lipinski definition) is 5. The lowest BCUT2D eigenvalue weighted by Gasteiger charge is -2.26. The van der Waals surface area contributed by atoms with Gasteiger partial charge in [-0.15, -0.1) is 11.3 Å². The minimum Gasteiger partial charge on any atom is -0.493 e. The molecule has 1 atom stereocenters. The smallest absolute Gasteiger partial charge is 0.346 e. The summed E-state index contributed by atoms with van der Waals surface area (Å²) >= 11 is 1.07. The third kappa shape index (κ3) is 3.85. The van der Waals surface area contributed by atoms with Crippen molar-refractivity contribution in [2.24, 2.45) is 0 Å². The zero-order valence-electron chi connectivity index (χ0n) is 17.2. The van der Waals surface area contributed by atoms with Gasteiger partial charge in [-0.3, -0.25) is 4.79 Å². The maximum atomic E-state index is 13.9. The first kappa shape index (κ1) is 21.6. The molecule has 1 aliphatic rings. The molecule has 1 aliphatic heterocycles. The molecule has 164 valence electrons. The average Bonchev–Trinajstić information content (AvgIpc) is 3.16. The molecular weight excluding hydrogens is 433 g/mol. The van der Waals surface area contributed by atoms with Crippen molar-refractivity contribution in [3.63, 3.8) is 0 Å². The highest BCUT2D eigenvalue weighted by Gasteiger charge is 2.36. The van der Waals surface area contributed by atoms with Crippen LogP contribution in [0.15, 0.2) is 55.1 Å². The van der Waals surface area contributed by atoms with Crippen LogP contribution in [0, 0.1) is 5.82 Å². The minimum absolute atomic E-state index is 0.0317. The molecule has 0 unspecified atom stereocenters. The minimum atomic E-state index is -1.15. The number of ether oxygens (including phenoxy) is 2. The van der Waals surface area contributed by atoms with Gasteiger partial charge in [-0.25, -0.2) is 9.18 Å². The number of carboxylic acids is 1. The summed E-state index contributed by atoms with van der Waals surface area (Å²) in [6, 6.07) is 11.0. The van der Waals surface area contributed by atoms with E-state index >= 15 is 0 Å². The number of amides is 1. The van der Waals surface area contributed by atoms with E-state index in [0.29, 0.717) is 38.8 Å². The molecule has 0 bridgehead atoms. The van der Waals surface area contributed by atoms with Crippen LogP contribution in [0.1, 0.15) is 32.5 Å². The third-order valence-electron chi connectivity index (χ3n) is 5.16. The van der Waals surface area contributed by atoms with Crippen molar-refractivity contribution in [3.05, 3.63) is 76.3 Å². The van der Waals surface area contributed by atoms with Crippen molar-refractivity contribution in [2.45, 2.75) is 12.3 Å². The van der Waals surface area contributed by atoms with Crippen LogP contribution in [0.25, 0.3) is 11.1 Å². The summed E-state index contributed by atoms with van der Waals surface area (Å²) < 4.78 is 25.2. The monoisotopic (exact) mass is 453 g/mol. The van der Waals surface area contributed by atoms with Crippen molar-refractivity contribution < 1.29 is 28.6 Å². The molecule has 0 fully saturated rings. The summed E-state index contributed by atoms with van der Waals surface area (Å²) in [6.45, 7) is 3.91. The van der Waals surface area contributed by atoms with E-state index in [4.69, 9.17) is 9.47 Å². The number of nitrogens with one attached hydrogen (secondary N) is 1. The lowest BCUT2D eigenvalue weighted by atomic mass is 9.88. The second kappa shape index (κ2) is 8.84. The second-order valence-corrected chi connectivity index (χ2v) is 8.20. The normalized spacial score (nSPS) is 14.9. The van der Waals surface area contributed by atoms with Gasteiger partial charge in [0, 0.05) is 28.3 Å². The van der Waals surface area contributed by atoms with Crippen LogP contribution < -0.4 is 14.8 Å². The van der Waals surface area contributed by atoms with E-state index in [1.54, 1.807) is 24.3 Å². The largest absolute Gasteiger partial charge is 0.493 e. The Labute approximate surface area is 187 Å². The maximum Gasteiger partial charge on any atom is 0.346 e. The van der Waals surface area contributed by atoms with Crippen molar-refractivity contribution in [3.8, 4) is 22.6 Å². The van der Waals surface area contributed by atoms with Crippen LogP contribution in [0.2, 0.25) is 0 Å². The van der Waals surface area contributed by atoms with Gasteiger partial charge in [0.2, 0.25) is 5.91 Å². The fourth-order valence-corrected chi connectivity index (χ4v) is 5.11. The Bertz CT molecular complexity index is 1220. The number of aromatic carboxylic acids is 1. The Morgan fingerprint density at radius 1 is 1.34 bits per heavy atom. The zero-order chi connectivity index (χ0) is 22.8. The standard InChI is InChI=1S/C24H20FNO5S/c1-3-10-31-21-15(8-5-9-17(21)30-2)16-12-18(27)26-20-19(13-6-4-7-14(25)11-13)23(24(28)29)32-22(16)20/h3-9,11,16H,1,10,12H2,2H3,(H,26,27)(H,28,29)/t16-/m1/s1. The molecule has 8 heteroatoms. The van der Waals surface area contributed by atoms with Crippen LogP contribution in [0.5, 0.6) is 11.5 Å². The number of anilines is 1. The molecule has 2 N–H and O–H groups in total. The number of carbonyl (C=O) groups is 2. The maximum absolute atomic E-state index is 13.9. The number of benzene rings is 2. The molecule has 3 aromatic rings. The molecule has 0 radical (unpaired) electrons. The highest BCUT2D eigenvalue weighted by Crippen LogP contribution is 2.51. The van der Waals surface area contributed by atoms with Gasteiger partial charge in [0.15, 0.2) is 11.5 Å². The molecule has 6 nitrogen and oxygen atoms in total. The number of rotatable bonds is 7. The van der Waals surface area contributed by atoms with Crippen LogP contribution in [-0.2, 0) is 4.79 Å². The van der Waals surface area contributed by atoms with E-state index < -0.39 is 17.7 Å². The highest BCUT2D eigenvalue weighted by molar-refractivity contribution is 7.15. The van der Waals surface area contributed by atoms with Gasteiger partial charge in [-0.2, -0.15) is 0 Å². The SMILES string of the molecule is C=CCOc1c(OC)cccc1[C@H]1CC(=O)Nc2c1sc(C(=O)O)c2-c1cccc(F)c1. The van der Waals surface area contributed by atoms with Gasteiger partial charge in [-0.1, -0.05) is 36.9 Å². The summed E-state index contributed by atoms with van der Waals surface area (Å²) in [5, 5.41) is 12.7. The molecule has 2 aromatic carbocycles. The molecule has 0 aliphatic carbocycles. The first-order chi connectivity index (χ1) is 15.4. The van der Waals surface area contributed by atoms with Crippen LogP contribution in [0.4, 0.5) is 10.1 Å². The number of carbonyl (C=O) groups excluding carboxylic acids is 1. The van der Waals surface area contributed by atoms with E-state index in [2.05, 4.69) is 11.9 Å². The van der Waals surface area contributed by atoms with E-state index in [1.807, 2.05) is 6.07 Å². The highest BCUT2D eigenvalue weighted by atomic mass is 32.1. The van der Waals surface area contributed by atoms with E-state index in [1.165, 1.54) is 25.3 Å². The quantitative estimate of drug-likeness (QED) is 0.474. The molecule has 0 saturated carbocycles. The Balaban J connectivity index is 1.94. The van der Waals surface area contributed by atoms with Crippen LogP contribution in [-0.4, -0.2) is 30.7 Å². The number of para-hydroxylation sites is 1. The predicted molar refractivity (Wildman–Crippen MR) is 120 cm³/mol. The topological polar surface area (TPSA) is 84.9 Å². The fourth-order valence-electron chi connectivity index (χ4n) is 3.87. The molecular formula is C24H20FNO5S. The first-order valence-corrected chi connectivity index (χ1v) is 10.6. The summed E-state index contributed by atoms with van der Waals surface area (Å²) in [5.74, 6) is -1.40. The zero-order valence-corrected chi connectivity index (χ0v) is 18.0. The van der Waals surface area contributed by atoms with Crippen molar-refractivity contribution in [1.82, 2.24) is 0 Å². The molecule has 1 amide bonds. The lowest BCUT2D eigenvalue weighted by molar-refractivity contribution is -0.116. The van der Waals surface area contributed by atoms with Gasteiger partial charge >= 0.3 is 5.97 Å². The molecule has 0 saturated heterocycles. The third-order valence-corrected chi connectivity index (χ3v) is 6.46. The number of methoxy groups -OCH3 is 1. The van der Waals surface area contributed by atoms with Crippen molar-refractivity contribution in [2.75, 3.05) is 19.0 Å². The van der Waals surface area contributed by atoms with Gasteiger partial charge in [0.05, 0.1) is 12.8 Å². The summed E-state index contributed by atoms with van der Waals surface area (Å²) in [7, 11) is 1.52. The number of thiophene rings is 1. The Morgan fingerprint density at radius 3 is 2.81 bits per heavy atom. The lowest BCUT2D eigenvalue weighted by Crippen LogP contribution is -2.23. The van der Waals surface area contributed by atoms with Crippen LogP contribution in [0.3, 0.4) is 0 Å². The fraction of sp³-hybridized carbons (Fsp3) is 0.167. The van der Waals surface area contributed by atoms with Gasteiger partial charge in [-0.05, 0) is 23.8 Å². The van der Waals surface area contributed by atoms with E-state index in [9.17, 15) is 19.1 Å². The van der Waals surface area contributed by atoms with Crippen molar-refractivity contribution in [1.29, 1.82) is 0 Å². The Morgan fingerprint density at radius 2 is 2.12 bits per heavy atom. The molecule has 32 heavy (non-hydrogen) atoms. The van der Waals surface area contributed by atoms with Gasteiger partial charge < -0.3 is 19.9 Å². The van der Waals surface area contributed by atoms with Gasteiger partial charge in [0.1, 0.15) is 17.3 Å². The summed E-state index contributed by atoms with van der Waals surface area (Å²) in [6.07, 6.45) is 1.71. The predicted octanol–water partition coefficient (Wildman–Crippen LogP) is 5.30. The second-order valence-electron chi connectivity index (χ2n) is 7.14. The number of hydrogen-bond donors (Lipinski definition) is 2. The summed E-state index contributed by atoms with van der Waals surface area (Å²) in [5.41, 5.74) is 1.77. The Kier molecular flexibility index (Phi) is 5.96. The molecule has 0 spiro atoms. The molecule has 4 rings (SSSR count). The van der Waals surface area contributed by atoms with Crippen molar-refractivity contribution >= 4 is 28.9 Å². The summed E-state index contributed by atoms with van der Waals surface area (Å²) in [4.78, 5) is 25.5. The van der Waals surface area contributed by atoms with Gasteiger partial charge in [0.25, 0.3) is 0 Å². The number of carboxylic acid groups (broad SMARTS) is 1. The van der Waals surface area contributed by atoms with E-state index in [0.717, 1.165) is 11.3 Å². The molecule has 2 heterocycles. The average molecular weight is 453 g/mol. The molecule has 1 aromatic heterocycles. The Hall–Kier alpha value is -3.65. The van der Waals surface area contributed by atoms with Crippen LogP contribution >= 0.6 is 11.3 Å². The number of fused-ring (bicyclic) bond motifs is 1. The number of halogens is 1.